The fourth-order valence-electron chi connectivity index (χ4n) is 1.81. The van der Waals surface area contributed by atoms with Crippen LogP contribution in [0.5, 0.6) is 0 Å². The number of benzene rings is 1. The SMILES string of the molecule is CCSC(=O)NCC(c1ccccc1)C(C)C. The maximum absolute atomic E-state index is 11.5. The van der Waals surface area contributed by atoms with Gasteiger partial charge in [-0.1, -0.05) is 62.9 Å². The van der Waals surface area contributed by atoms with Gasteiger partial charge < -0.3 is 5.32 Å². The predicted molar refractivity (Wildman–Crippen MR) is 75.6 cm³/mol. The van der Waals surface area contributed by atoms with Gasteiger partial charge in [0.25, 0.3) is 5.24 Å². The van der Waals surface area contributed by atoms with Crippen molar-refractivity contribution in [3.8, 4) is 0 Å². The van der Waals surface area contributed by atoms with Gasteiger partial charge in [-0.3, -0.25) is 4.79 Å². The third-order valence-electron chi connectivity index (χ3n) is 2.77. The van der Waals surface area contributed by atoms with E-state index in [0.29, 0.717) is 18.4 Å². The zero-order chi connectivity index (χ0) is 12.7. The van der Waals surface area contributed by atoms with Crippen molar-refractivity contribution in [3.05, 3.63) is 35.9 Å². The highest BCUT2D eigenvalue weighted by Gasteiger charge is 2.16. The first-order valence-electron chi connectivity index (χ1n) is 6.10. The van der Waals surface area contributed by atoms with Gasteiger partial charge >= 0.3 is 0 Å². The zero-order valence-corrected chi connectivity index (χ0v) is 11.6. The summed E-state index contributed by atoms with van der Waals surface area (Å²) >= 11 is 1.33. The molecule has 1 N–H and O–H groups in total. The summed E-state index contributed by atoms with van der Waals surface area (Å²) < 4.78 is 0. The van der Waals surface area contributed by atoms with Gasteiger partial charge in [-0.25, -0.2) is 0 Å². The fraction of sp³-hybridized carbons (Fsp3) is 0.500. The van der Waals surface area contributed by atoms with Crippen LogP contribution in [0.3, 0.4) is 0 Å². The second kappa shape index (κ2) is 7.38. The highest BCUT2D eigenvalue weighted by atomic mass is 32.2. The van der Waals surface area contributed by atoms with E-state index in [1.54, 1.807) is 0 Å². The fourth-order valence-corrected chi connectivity index (χ4v) is 2.26. The Morgan fingerprint density at radius 2 is 1.94 bits per heavy atom. The average molecular weight is 251 g/mol. The topological polar surface area (TPSA) is 29.1 Å². The van der Waals surface area contributed by atoms with Gasteiger partial charge in [0.2, 0.25) is 0 Å². The summed E-state index contributed by atoms with van der Waals surface area (Å²) in [6, 6.07) is 10.4. The maximum atomic E-state index is 11.5. The standard InChI is InChI=1S/C14H21NOS/c1-4-17-14(16)15-10-13(11(2)3)12-8-6-5-7-9-12/h5-9,11,13H,4,10H2,1-3H3,(H,15,16). The summed E-state index contributed by atoms with van der Waals surface area (Å²) in [6.07, 6.45) is 0. The highest BCUT2D eigenvalue weighted by molar-refractivity contribution is 8.13. The Bertz CT molecular complexity index is 337. The maximum Gasteiger partial charge on any atom is 0.279 e. The molecule has 94 valence electrons. The quantitative estimate of drug-likeness (QED) is 0.860. The number of carbonyl (C=O) groups is 1. The van der Waals surface area contributed by atoms with Crippen molar-refractivity contribution < 1.29 is 4.79 Å². The van der Waals surface area contributed by atoms with Crippen LogP contribution in [0.15, 0.2) is 30.3 Å². The van der Waals surface area contributed by atoms with Gasteiger partial charge in [0.15, 0.2) is 0 Å². The van der Waals surface area contributed by atoms with Gasteiger partial charge in [-0.15, -0.1) is 0 Å². The van der Waals surface area contributed by atoms with Crippen LogP contribution in [0.25, 0.3) is 0 Å². The van der Waals surface area contributed by atoms with Crippen LogP contribution < -0.4 is 5.32 Å². The summed E-state index contributed by atoms with van der Waals surface area (Å²) in [5.41, 5.74) is 1.30. The van der Waals surface area contributed by atoms with Crippen LogP contribution in [0.1, 0.15) is 32.3 Å². The zero-order valence-electron chi connectivity index (χ0n) is 10.8. The lowest BCUT2D eigenvalue weighted by Gasteiger charge is -2.21. The van der Waals surface area contributed by atoms with Gasteiger partial charge in [0.05, 0.1) is 0 Å². The number of carbonyl (C=O) groups excluding carboxylic acids is 1. The Kier molecular flexibility index (Phi) is 6.12. The molecule has 1 aromatic rings. The van der Waals surface area contributed by atoms with E-state index in [1.165, 1.54) is 17.3 Å². The van der Waals surface area contributed by atoms with Crippen molar-refractivity contribution in [2.24, 2.45) is 5.92 Å². The molecule has 0 radical (unpaired) electrons. The van der Waals surface area contributed by atoms with Crippen LogP contribution >= 0.6 is 11.8 Å². The van der Waals surface area contributed by atoms with Gasteiger partial charge in [-0.05, 0) is 17.2 Å². The van der Waals surface area contributed by atoms with Gasteiger partial charge in [0, 0.05) is 12.5 Å². The smallest absolute Gasteiger partial charge is 0.279 e. The third kappa shape index (κ3) is 4.82. The molecule has 1 atom stereocenters. The second-order valence-corrected chi connectivity index (χ2v) is 5.60. The predicted octanol–water partition coefficient (Wildman–Crippen LogP) is 3.89. The van der Waals surface area contributed by atoms with Crippen molar-refractivity contribution >= 4 is 17.0 Å². The summed E-state index contributed by atoms with van der Waals surface area (Å²) in [6.45, 7) is 7.09. The molecule has 1 rings (SSSR count). The summed E-state index contributed by atoms with van der Waals surface area (Å²) in [5.74, 6) is 1.73. The molecule has 0 aliphatic rings. The second-order valence-electron chi connectivity index (χ2n) is 4.36. The average Bonchev–Trinajstić information content (AvgIpc) is 2.30. The van der Waals surface area contributed by atoms with Crippen molar-refractivity contribution in [1.29, 1.82) is 0 Å². The minimum absolute atomic E-state index is 0.0779. The lowest BCUT2D eigenvalue weighted by Crippen LogP contribution is -2.27. The Morgan fingerprint density at radius 3 is 2.47 bits per heavy atom. The third-order valence-corrected chi connectivity index (χ3v) is 3.47. The first kappa shape index (κ1) is 14.1. The first-order chi connectivity index (χ1) is 8.15. The molecular formula is C14H21NOS. The lowest BCUT2D eigenvalue weighted by atomic mass is 9.88. The summed E-state index contributed by atoms with van der Waals surface area (Å²) in [4.78, 5) is 11.5. The van der Waals surface area contributed by atoms with Crippen LogP contribution in [-0.2, 0) is 0 Å². The van der Waals surface area contributed by atoms with Crippen molar-refractivity contribution in [2.45, 2.75) is 26.7 Å². The van der Waals surface area contributed by atoms with Crippen LogP contribution in [-0.4, -0.2) is 17.5 Å². The monoisotopic (exact) mass is 251 g/mol. The van der Waals surface area contributed by atoms with Crippen molar-refractivity contribution in [3.63, 3.8) is 0 Å². The molecule has 0 spiro atoms. The first-order valence-corrected chi connectivity index (χ1v) is 7.09. The number of amides is 1. The Labute approximate surface area is 108 Å². The molecule has 1 unspecified atom stereocenters. The summed E-state index contributed by atoms with van der Waals surface area (Å²) in [7, 11) is 0. The van der Waals surface area contributed by atoms with E-state index in [4.69, 9.17) is 0 Å². The van der Waals surface area contributed by atoms with E-state index < -0.39 is 0 Å². The molecule has 0 aromatic heterocycles. The van der Waals surface area contributed by atoms with Gasteiger partial charge in [-0.2, -0.15) is 0 Å². The molecule has 0 saturated heterocycles. The Hall–Kier alpha value is -0.960. The van der Waals surface area contributed by atoms with Crippen LogP contribution in [0.4, 0.5) is 4.79 Å². The highest BCUT2D eigenvalue weighted by Crippen LogP contribution is 2.23. The minimum Gasteiger partial charge on any atom is -0.346 e. The van der Waals surface area contributed by atoms with E-state index in [2.05, 4.69) is 31.3 Å². The van der Waals surface area contributed by atoms with Crippen LogP contribution in [0.2, 0.25) is 0 Å². The molecule has 2 nitrogen and oxygen atoms in total. The number of hydrogen-bond donors (Lipinski definition) is 1. The number of hydrogen-bond acceptors (Lipinski definition) is 2. The molecule has 3 heteroatoms. The van der Waals surface area contributed by atoms with E-state index in [9.17, 15) is 4.79 Å². The molecule has 0 aliphatic heterocycles. The molecule has 0 aliphatic carbocycles. The van der Waals surface area contributed by atoms with E-state index in [0.717, 1.165) is 5.75 Å². The van der Waals surface area contributed by atoms with Crippen molar-refractivity contribution in [1.82, 2.24) is 5.32 Å². The molecule has 17 heavy (non-hydrogen) atoms. The molecule has 1 amide bonds. The van der Waals surface area contributed by atoms with Gasteiger partial charge in [0.1, 0.15) is 0 Å². The Balaban J connectivity index is 2.59. The number of thioether (sulfide) groups is 1. The molecular weight excluding hydrogens is 230 g/mol. The van der Waals surface area contributed by atoms with Crippen LogP contribution in [0, 0.1) is 5.92 Å². The van der Waals surface area contributed by atoms with E-state index >= 15 is 0 Å². The molecule has 0 bridgehead atoms. The van der Waals surface area contributed by atoms with E-state index in [-0.39, 0.29) is 5.24 Å². The number of rotatable bonds is 5. The minimum atomic E-state index is 0.0779. The molecule has 0 saturated carbocycles. The van der Waals surface area contributed by atoms with Crippen molar-refractivity contribution in [2.75, 3.05) is 12.3 Å². The normalized spacial score (nSPS) is 12.5. The molecule has 0 heterocycles. The molecule has 0 fully saturated rings. The Morgan fingerprint density at radius 1 is 1.29 bits per heavy atom. The number of nitrogens with one attached hydrogen (secondary N) is 1. The molecule has 1 aromatic carbocycles. The summed E-state index contributed by atoms with van der Waals surface area (Å²) in [5, 5.41) is 3.07. The van der Waals surface area contributed by atoms with E-state index in [1.807, 2.05) is 25.1 Å². The largest absolute Gasteiger partial charge is 0.346 e. The lowest BCUT2D eigenvalue weighted by molar-refractivity contribution is 0.259.